The van der Waals surface area contributed by atoms with E-state index in [4.69, 9.17) is 21.1 Å². The van der Waals surface area contributed by atoms with Crippen molar-refractivity contribution in [3.8, 4) is 11.5 Å². The summed E-state index contributed by atoms with van der Waals surface area (Å²) in [4.78, 5) is 12.0. The molecule has 2 rings (SSSR count). The molecule has 2 aromatic carbocycles. The number of halogens is 2. The summed E-state index contributed by atoms with van der Waals surface area (Å²) in [5.74, 6) is 1.36. The first-order valence-corrected chi connectivity index (χ1v) is 10.2. The molecule has 0 aliphatic carbocycles. The zero-order valence-electron chi connectivity index (χ0n) is 16.6. The van der Waals surface area contributed by atoms with Crippen molar-refractivity contribution >= 4 is 39.2 Å². The Kier molecular flexibility index (Phi) is 8.01. The van der Waals surface area contributed by atoms with Crippen LogP contribution in [0, 0.1) is 0 Å². The van der Waals surface area contributed by atoms with Crippen LogP contribution in [-0.4, -0.2) is 26.3 Å². The average Bonchev–Trinajstić information content (AvgIpc) is 2.62. The second kappa shape index (κ2) is 10.0. The lowest BCUT2D eigenvalue weighted by Gasteiger charge is -2.20. The number of nitrogens with one attached hydrogen (secondary N) is 2. The number of carbonyl (C=O) groups is 1. The third-order valence-electron chi connectivity index (χ3n) is 4.07. The van der Waals surface area contributed by atoms with E-state index in [-0.39, 0.29) is 11.4 Å². The van der Waals surface area contributed by atoms with Gasteiger partial charge in [0.2, 0.25) is 0 Å². The van der Waals surface area contributed by atoms with Crippen LogP contribution in [0.1, 0.15) is 32.8 Å². The Hall–Kier alpha value is -1.92. The number of urea groups is 1. The molecule has 0 spiro atoms. The molecule has 2 amide bonds. The normalized spacial score (nSPS) is 11.1. The van der Waals surface area contributed by atoms with E-state index in [2.05, 4.69) is 59.5 Å². The Morgan fingerprint density at radius 2 is 1.86 bits per heavy atom. The summed E-state index contributed by atoms with van der Waals surface area (Å²) in [6, 6.07) is 10.9. The molecule has 0 heterocycles. The van der Waals surface area contributed by atoms with Gasteiger partial charge in [-0.1, -0.05) is 38.4 Å². The Morgan fingerprint density at radius 3 is 2.46 bits per heavy atom. The number of hydrogen-bond donors (Lipinski definition) is 2. The summed E-state index contributed by atoms with van der Waals surface area (Å²) in [5, 5.41) is 5.97. The molecule has 0 unspecified atom stereocenters. The van der Waals surface area contributed by atoms with E-state index in [1.54, 1.807) is 25.3 Å². The van der Waals surface area contributed by atoms with E-state index in [0.717, 1.165) is 10.2 Å². The molecule has 0 aromatic heterocycles. The fourth-order valence-corrected chi connectivity index (χ4v) is 3.21. The van der Waals surface area contributed by atoms with Gasteiger partial charge in [-0.3, -0.25) is 0 Å². The van der Waals surface area contributed by atoms with Crippen molar-refractivity contribution < 1.29 is 14.3 Å². The van der Waals surface area contributed by atoms with E-state index >= 15 is 0 Å². The van der Waals surface area contributed by atoms with Gasteiger partial charge in [-0.05, 0) is 63.7 Å². The van der Waals surface area contributed by atoms with Crippen LogP contribution >= 0.6 is 27.5 Å². The lowest BCUT2D eigenvalue weighted by atomic mass is 9.87. The molecule has 5 nitrogen and oxygen atoms in total. The molecule has 0 bridgehead atoms. The summed E-state index contributed by atoms with van der Waals surface area (Å²) >= 11 is 9.61. The van der Waals surface area contributed by atoms with Crippen molar-refractivity contribution in [3.05, 3.63) is 51.5 Å². The van der Waals surface area contributed by atoms with E-state index in [0.29, 0.717) is 36.0 Å². The predicted molar refractivity (Wildman–Crippen MR) is 118 cm³/mol. The summed E-state index contributed by atoms with van der Waals surface area (Å²) in [5.41, 5.74) is 1.93. The number of benzene rings is 2. The maximum Gasteiger partial charge on any atom is 0.319 e. The van der Waals surface area contributed by atoms with E-state index < -0.39 is 0 Å². The predicted octanol–water partition coefficient (Wildman–Crippen LogP) is 6.00. The minimum absolute atomic E-state index is 0.0897. The number of anilines is 1. The fraction of sp³-hybridized carbons (Fsp3) is 0.381. The van der Waals surface area contributed by atoms with Gasteiger partial charge in [0.05, 0.1) is 23.2 Å². The Bertz CT molecular complexity index is 822. The first kappa shape index (κ1) is 22.4. The number of amides is 2. The van der Waals surface area contributed by atoms with E-state index in [1.165, 1.54) is 5.56 Å². The number of hydrogen-bond acceptors (Lipinski definition) is 3. The molecule has 0 saturated heterocycles. The van der Waals surface area contributed by atoms with Crippen LogP contribution in [0.15, 0.2) is 40.9 Å². The summed E-state index contributed by atoms with van der Waals surface area (Å²) in [6.07, 6.45) is 0.685. The van der Waals surface area contributed by atoms with Crippen molar-refractivity contribution in [2.75, 3.05) is 25.6 Å². The van der Waals surface area contributed by atoms with E-state index in [1.807, 2.05) is 6.07 Å². The van der Waals surface area contributed by atoms with Crippen molar-refractivity contribution in [1.29, 1.82) is 0 Å². The zero-order valence-corrected chi connectivity index (χ0v) is 18.9. The van der Waals surface area contributed by atoms with Gasteiger partial charge in [0.1, 0.15) is 11.5 Å². The molecule has 152 valence electrons. The average molecular weight is 470 g/mol. The third kappa shape index (κ3) is 6.60. The molecule has 2 N–H and O–H groups in total. The van der Waals surface area contributed by atoms with E-state index in [9.17, 15) is 4.79 Å². The maximum absolute atomic E-state index is 12.0. The summed E-state index contributed by atoms with van der Waals surface area (Å²) < 4.78 is 11.8. The standard InChI is InChI=1S/C21H26BrClN2O3/c1-21(2,3)14-6-8-18(16(22)12-14)28-11-5-10-24-20(26)25-15-7-9-19(27-4)17(23)13-15/h6-9,12-13H,5,10-11H2,1-4H3,(H2,24,25,26). The molecule has 0 atom stereocenters. The van der Waals surface area contributed by atoms with Crippen LogP contribution in [0.2, 0.25) is 5.02 Å². The largest absolute Gasteiger partial charge is 0.495 e. The van der Waals surface area contributed by atoms with Gasteiger partial charge in [0.25, 0.3) is 0 Å². The minimum atomic E-state index is -0.294. The van der Waals surface area contributed by atoms with Crippen LogP contribution < -0.4 is 20.1 Å². The second-order valence-corrected chi connectivity index (χ2v) is 8.59. The van der Waals surface area contributed by atoms with Gasteiger partial charge in [-0.2, -0.15) is 0 Å². The SMILES string of the molecule is COc1ccc(NC(=O)NCCCOc2ccc(C(C)(C)C)cc2Br)cc1Cl. The van der Waals surface area contributed by atoms with Crippen LogP contribution in [0.3, 0.4) is 0 Å². The Balaban J connectivity index is 1.73. The minimum Gasteiger partial charge on any atom is -0.495 e. The van der Waals surface area contributed by atoms with Gasteiger partial charge in [0.15, 0.2) is 0 Å². The van der Waals surface area contributed by atoms with Crippen LogP contribution in [0.4, 0.5) is 10.5 Å². The lowest BCUT2D eigenvalue weighted by molar-refractivity contribution is 0.250. The number of ether oxygens (including phenoxy) is 2. The van der Waals surface area contributed by atoms with Crippen molar-refractivity contribution in [1.82, 2.24) is 5.32 Å². The highest BCUT2D eigenvalue weighted by atomic mass is 79.9. The molecular formula is C21H26BrClN2O3. The van der Waals surface area contributed by atoms with Crippen LogP contribution in [0.25, 0.3) is 0 Å². The van der Waals surface area contributed by atoms with Crippen molar-refractivity contribution in [2.24, 2.45) is 0 Å². The maximum atomic E-state index is 12.0. The summed E-state index contributed by atoms with van der Waals surface area (Å²) in [7, 11) is 1.54. The highest BCUT2D eigenvalue weighted by Crippen LogP contribution is 2.31. The molecule has 0 fully saturated rings. The number of rotatable bonds is 7. The quantitative estimate of drug-likeness (QED) is 0.489. The molecule has 0 radical (unpaired) electrons. The molecule has 0 aliphatic heterocycles. The van der Waals surface area contributed by atoms with Gasteiger partial charge < -0.3 is 20.1 Å². The van der Waals surface area contributed by atoms with Crippen molar-refractivity contribution in [3.63, 3.8) is 0 Å². The summed E-state index contributed by atoms with van der Waals surface area (Å²) in [6.45, 7) is 7.51. The molecule has 2 aromatic rings. The smallest absolute Gasteiger partial charge is 0.319 e. The zero-order chi connectivity index (χ0) is 20.7. The van der Waals surface area contributed by atoms with Gasteiger partial charge >= 0.3 is 6.03 Å². The number of carbonyl (C=O) groups excluding carboxylic acids is 1. The number of methoxy groups -OCH3 is 1. The molecule has 28 heavy (non-hydrogen) atoms. The van der Waals surface area contributed by atoms with Gasteiger partial charge in [-0.15, -0.1) is 0 Å². The molecule has 0 aliphatic rings. The van der Waals surface area contributed by atoms with Crippen molar-refractivity contribution in [2.45, 2.75) is 32.6 Å². The first-order valence-electron chi connectivity index (χ1n) is 9.02. The Morgan fingerprint density at radius 1 is 1.14 bits per heavy atom. The molecule has 0 saturated carbocycles. The lowest BCUT2D eigenvalue weighted by Crippen LogP contribution is -2.30. The highest BCUT2D eigenvalue weighted by Gasteiger charge is 2.15. The topological polar surface area (TPSA) is 59.6 Å². The van der Waals surface area contributed by atoms with Crippen LogP contribution in [-0.2, 0) is 5.41 Å². The monoisotopic (exact) mass is 468 g/mol. The van der Waals surface area contributed by atoms with Gasteiger partial charge in [0, 0.05) is 12.2 Å². The second-order valence-electron chi connectivity index (χ2n) is 7.33. The fourth-order valence-electron chi connectivity index (χ4n) is 2.46. The Labute approximate surface area is 179 Å². The first-order chi connectivity index (χ1) is 13.2. The molecular weight excluding hydrogens is 444 g/mol. The third-order valence-corrected chi connectivity index (χ3v) is 4.99. The highest BCUT2D eigenvalue weighted by molar-refractivity contribution is 9.10. The molecule has 7 heteroatoms. The van der Waals surface area contributed by atoms with Crippen LogP contribution in [0.5, 0.6) is 11.5 Å². The van der Waals surface area contributed by atoms with Gasteiger partial charge in [-0.25, -0.2) is 4.79 Å².